The highest BCUT2D eigenvalue weighted by molar-refractivity contribution is 5.85. The first-order valence-corrected chi connectivity index (χ1v) is 6.51. The summed E-state index contributed by atoms with van der Waals surface area (Å²) in [7, 11) is 0. The van der Waals surface area contributed by atoms with Crippen molar-refractivity contribution in [2.24, 2.45) is 11.7 Å². The zero-order chi connectivity index (χ0) is 13.8. The Hall–Kier alpha value is -1.46. The van der Waals surface area contributed by atoms with Crippen molar-refractivity contribution in [2.75, 3.05) is 19.8 Å². The molecule has 1 amide bonds. The molecule has 2 unspecified atom stereocenters. The first kappa shape index (κ1) is 16.6. The summed E-state index contributed by atoms with van der Waals surface area (Å²) in [5.41, 5.74) is 6.47. The zero-order valence-corrected chi connectivity index (χ0v) is 12.5. The molecule has 1 aromatic rings. The van der Waals surface area contributed by atoms with Gasteiger partial charge in [-0.1, -0.05) is 13.0 Å². The highest BCUT2D eigenvalue weighted by atomic mass is 35.5. The van der Waals surface area contributed by atoms with Crippen molar-refractivity contribution in [1.29, 1.82) is 0 Å². The fourth-order valence-electron chi connectivity index (χ4n) is 1.88. The van der Waals surface area contributed by atoms with Crippen LogP contribution in [0, 0.1) is 5.92 Å². The van der Waals surface area contributed by atoms with Gasteiger partial charge in [0.05, 0.1) is 6.04 Å². The number of nitrogens with one attached hydrogen (secondary N) is 1. The van der Waals surface area contributed by atoms with Gasteiger partial charge < -0.3 is 20.5 Å². The summed E-state index contributed by atoms with van der Waals surface area (Å²) < 4.78 is 11.0. The van der Waals surface area contributed by atoms with Gasteiger partial charge in [0.25, 0.3) is 0 Å². The molecule has 1 aromatic carbocycles. The maximum atomic E-state index is 11.8. The van der Waals surface area contributed by atoms with Gasteiger partial charge >= 0.3 is 0 Å². The van der Waals surface area contributed by atoms with Gasteiger partial charge in [-0.15, -0.1) is 12.4 Å². The van der Waals surface area contributed by atoms with E-state index in [2.05, 4.69) is 5.32 Å². The largest absolute Gasteiger partial charge is 0.486 e. The predicted molar refractivity (Wildman–Crippen MR) is 79.5 cm³/mol. The van der Waals surface area contributed by atoms with Crippen molar-refractivity contribution < 1.29 is 14.3 Å². The lowest BCUT2D eigenvalue weighted by Crippen LogP contribution is -2.34. The molecule has 0 aromatic heterocycles. The van der Waals surface area contributed by atoms with Gasteiger partial charge in [0.15, 0.2) is 11.5 Å². The van der Waals surface area contributed by atoms with E-state index in [1.165, 1.54) is 0 Å². The minimum Gasteiger partial charge on any atom is -0.486 e. The Morgan fingerprint density at radius 2 is 1.95 bits per heavy atom. The Kier molecular flexibility index (Phi) is 6.10. The van der Waals surface area contributed by atoms with E-state index < -0.39 is 0 Å². The van der Waals surface area contributed by atoms with Crippen LogP contribution in [0.25, 0.3) is 0 Å². The quantitative estimate of drug-likeness (QED) is 0.887. The van der Waals surface area contributed by atoms with Gasteiger partial charge in [-0.3, -0.25) is 4.79 Å². The van der Waals surface area contributed by atoms with Crippen LogP contribution in [-0.2, 0) is 4.79 Å². The van der Waals surface area contributed by atoms with Crippen LogP contribution in [0.1, 0.15) is 25.5 Å². The Balaban J connectivity index is 0.00000200. The third-order valence-corrected chi connectivity index (χ3v) is 3.23. The minimum atomic E-state index is -0.181. The van der Waals surface area contributed by atoms with Crippen molar-refractivity contribution in [2.45, 2.75) is 19.9 Å². The SMILES string of the molecule is CC(CN)C(=O)NC(C)c1ccc2c(c1)OCCO2.Cl. The van der Waals surface area contributed by atoms with E-state index in [4.69, 9.17) is 15.2 Å². The molecular formula is C14H21ClN2O3. The topological polar surface area (TPSA) is 73.6 Å². The first-order chi connectivity index (χ1) is 9.11. The zero-order valence-electron chi connectivity index (χ0n) is 11.7. The molecule has 1 heterocycles. The molecule has 0 saturated heterocycles. The molecule has 112 valence electrons. The maximum Gasteiger partial charge on any atom is 0.224 e. The molecule has 3 N–H and O–H groups in total. The molecule has 0 fully saturated rings. The molecule has 6 heteroatoms. The van der Waals surface area contributed by atoms with Gasteiger partial charge in [-0.2, -0.15) is 0 Å². The van der Waals surface area contributed by atoms with Gasteiger partial charge in [-0.25, -0.2) is 0 Å². The number of benzene rings is 1. The van der Waals surface area contributed by atoms with E-state index in [9.17, 15) is 4.79 Å². The van der Waals surface area contributed by atoms with Gasteiger partial charge in [0.1, 0.15) is 13.2 Å². The van der Waals surface area contributed by atoms with E-state index in [1.807, 2.05) is 32.0 Å². The van der Waals surface area contributed by atoms with Gasteiger partial charge in [-0.05, 0) is 24.6 Å². The fraction of sp³-hybridized carbons (Fsp3) is 0.500. The third-order valence-electron chi connectivity index (χ3n) is 3.23. The van der Waals surface area contributed by atoms with Crippen LogP contribution in [0.2, 0.25) is 0 Å². The number of hydrogen-bond donors (Lipinski definition) is 2. The average molecular weight is 301 g/mol. The van der Waals surface area contributed by atoms with Gasteiger partial charge in [0.2, 0.25) is 5.91 Å². The second-order valence-corrected chi connectivity index (χ2v) is 4.77. The standard InChI is InChI=1S/C14H20N2O3.ClH/c1-9(8-15)14(17)16-10(2)11-3-4-12-13(7-11)19-6-5-18-12;/h3-4,7,9-10H,5-6,8,15H2,1-2H3,(H,16,17);1H. The molecule has 0 bridgehead atoms. The lowest BCUT2D eigenvalue weighted by atomic mass is 10.1. The Morgan fingerprint density at radius 1 is 1.30 bits per heavy atom. The summed E-state index contributed by atoms with van der Waals surface area (Å²) in [5.74, 6) is 1.27. The van der Waals surface area contributed by atoms with Crippen LogP contribution < -0.4 is 20.5 Å². The van der Waals surface area contributed by atoms with Crippen LogP contribution in [0.3, 0.4) is 0 Å². The van der Waals surface area contributed by atoms with E-state index in [1.54, 1.807) is 0 Å². The minimum absolute atomic E-state index is 0. The van der Waals surface area contributed by atoms with E-state index in [0.717, 1.165) is 17.1 Å². The molecule has 2 atom stereocenters. The third kappa shape index (κ3) is 3.77. The lowest BCUT2D eigenvalue weighted by Gasteiger charge is -2.21. The number of hydrogen-bond acceptors (Lipinski definition) is 4. The highest BCUT2D eigenvalue weighted by Gasteiger charge is 2.17. The Morgan fingerprint density at radius 3 is 2.60 bits per heavy atom. The number of fused-ring (bicyclic) bond motifs is 1. The lowest BCUT2D eigenvalue weighted by molar-refractivity contribution is -0.124. The van der Waals surface area contributed by atoms with Gasteiger partial charge in [0, 0.05) is 12.5 Å². The monoisotopic (exact) mass is 300 g/mol. The van der Waals surface area contributed by atoms with Crippen molar-refractivity contribution >= 4 is 18.3 Å². The van der Waals surface area contributed by atoms with Crippen LogP contribution >= 0.6 is 12.4 Å². The van der Waals surface area contributed by atoms with Crippen LogP contribution in [0.15, 0.2) is 18.2 Å². The van der Waals surface area contributed by atoms with Crippen LogP contribution in [-0.4, -0.2) is 25.7 Å². The molecule has 20 heavy (non-hydrogen) atoms. The number of rotatable bonds is 4. The normalized spacial score (nSPS) is 15.8. The summed E-state index contributed by atoms with van der Waals surface area (Å²) in [4.78, 5) is 11.8. The van der Waals surface area contributed by atoms with E-state index in [-0.39, 0.29) is 30.3 Å². The molecule has 0 saturated carbocycles. The molecule has 0 radical (unpaired) electrons. The van der Waals surface area contributed by atoms with E-state index >= 15 is 0 Å². The second kappa shape index (κ2) is 7.36. The van der Waals surface area contributed by atoms with Crippen molar-refractivity contribution in [3.05, 3.63) is 23.8 Å². The molecular weight excluding hydrogens is 280 g/mol. The number of amides is 1. The Labute approximate surface area is 125 Å². The number of halogens is 1. The number of carbonyl (C=O) groups excluding carboxylic acids is 1. The maximum absolute atomic E-state index is 11.8. The summed E-state index contributed by atoms with van der Waals surface area (Å²) in [6, 6.07) is 5.63. The number of ether oxygens (including phenoxy) is 2. The number of nitrogens with two attached hydrogens (primary N) is 1. The fourth-order valence-corrected chi connectivity index (χ4v) is 1.88. The molecule has 0 aliphatic carbocycles. The summed E-state index contributed by atoms with van der Waals surface area (Å²) in [5, 5.41) is 2.94. The van der Waals surface area contributed by atoms with Crippen molar-refractivity contribution in [1.82, 2.24) is 5.32 Å². The summed E-state index contributed by atoms with van der Waals surface area (Å²) in [6.45, 7) is 5.23. The second-order valence-electron chi connectivity index (χ2n) is 4.77. The highest BCUT2D eigenvalue weighted by Crippen LogP contribution is 2.32. The molecule has 0 spiro atoms. The molecule has 1 aliphatic rings. The summed E-state index contributed by atoms with van der Waals surface area (Å²) >= 11 is 0. The smallest absolute Gasteiger partial charge is 0.224 e. The van der Waals surface area contributed by atoms with Crippen molar-refractivity contribution in [3.8, 4) is 11.5 Å². The molecule has 5 nitrogen and oxygen atoms in total. The van der Waals surface area contributed by atoms with Crippen LogP contribution in [0.4, 0.5) is 0 Å². The molecule has 1 aliphatic heterocycles. The summed E-state index contributed by atoms with van der Waals surface area (Å²) in [6.07, 6.45) is 0. The van der Waals surface area contributed by atoms with Crippen molar-refractivity contribution in [3.63, 3.8) is 0 Å². The Bertz CT molecular complexity index is 468. The van der Waals surface area contributed by atoms with E-state index in [0.29, 0.717) is 19.8 Å². The number of carbonyl (C=O) groups is 1. The predicted octanol–water partition coefficient (Wildman–Crippen LogP) is 1.65. The average Bonchev–Trinajstić information content (AvgIpc) is 2.45. The van der Waals surface area contributed by atoms with Crippen LogP contribution in [0.5, 0.6) is 11.5 Å². The molecule has 2 rings (SSSR count). The first-order valence-electron chi connectivity index (χ1n) is 6.51.